The first-order valence-electron chi connectivity index (χ1n) is 6.20. The Hall–Kier alpha value is -1.64. The van der Waals surface area contributed by atoms with Crippen LogP contribution in [-0.2, 0) is 7.05 Å². The van der Waals surface area contributed by atoms with Gasteiger partial charge in [0.15, 0.2) is 0 Å². The van der Waals surface area contributed by atoms with Gasteiger partial charge in [-0.05, 0) is 24.8 Å². The second-order valence-electron chi connectivity index (χ2n) is 4.94. The first-order chi connectivity index (χ1) is 8.25. The van der Waals surface area contributed by atoms with E-state index in [1.54, 1.807) is 0 Å². The molecule has 2 aromatic rings. The summed E-state index contributed by atoms with van der Waals surface area (Å²) < 4.78 is 1.92. The van der Waals surface area contributed by atoms with Crippen LogP contribution in [0.3, 0.4) is 0 Å². The standard InChI is InChI=1S/C14H17N3/c1-10-6-7-13(15-8-10)11-4-3-5-14-12(11)9-16-17(14)2/h3-5,9-10H,6-8H2,1-2H3/t10-/m0/s1. The van der Waals surface area contributed by atoms with E-state index in [0.717, 1.165) is 18.9 Å². The average molecular weight is 227 g/mol. The molecule has 88 valence electrons. The van der Waals surface area contributed by atoms with Gasteiger partial charge in [-0.3, -0.25) is 9.67 Å². The summed E-state index contributed by atoms with van der Waals surface area (Å²) in [4.78, 5) is 4.72. The number of hydrogen-bond donors (Lipinski definition) is 0. The second kappa shape index (κ2) is 3.99. The Morgan fingerprint density at radius 3 is 3.00 bits per heavy atom. The minimum absolute atomic E-state index is 0.729. The number of rotatable bonds is 1. The molecule has 3 nitrogen and oxygen atoms in total. The molecular weight excluding hydrogens is 210 g/mol. The third kappa shape index (κ3) is 1.75. The number of benzene rings is 1. The van der Waals surface area contributed by atoms with E-state index in [4.69, 9.17) is 4.99 Å². The van der Waals surface area contributed by atoms with E-state index in [9.17, 15) is 0 Å². The van der Waals surface area contributed by atoms with Crippen molar-refractivity contribution in [3.63, 3.8) is 0 Å². The quantitative estimate of drug-likeness (QED) is 0.736. The summed E-state index contributed by atoms with van der Waals surface area (Å²) in [6.07, 6.45) is 4.29. The van der Waals surface area contributed by atoms with Gasteiger partial charge in [-0.1, -0.05) is 19.1 Å². The Morgan fingerprint density at radius 2 is 2.24 bits per heavy atom. The van der Waals surface area contributed by atoms with Gasteiger partial charge in [0.2, 0.25) is 0 Å². The molecule has 0 saturated heterocycles. The van der Waals surface area contributed by atoms with Gasteiger partial charge in [-0.2, -0.15) is 5.10 Å². The third-order valence-corrected chi connectivity index (χ3v) is 3.57. The Bertz CT molecular complexity index is 580. The van der Waals surface area contributed by atoms with Crippen LogP contribution >= 0.6 is 0 Å². The minimum Gasteiger partial charge on any atom is -0.289 e. The van der Waals surface area contributed by atoms with E-state index in [-0.39, 0.29) is 0 Å². The molecule has 3 heteroatoms. The molecule has 0 radical (unpaired) electrons. The first kappa shape index (κ1) is 10.5. The predicted molar refractivity (Wildman–Crippen MR) is 70.5 cm³/mol. The fourth-order valence-corrected chi connectivity index (χ4v) is 2.47. The van der Waals surface area contributed by atoms with Crippen LogP contribution in [0.5, 0.6) is 0 Å². The molecule has 0 spiro atoms. The van der Waals surface area contributed by atoms with Crippen molar-refractivity contribution in [2.45, 2.75) is 19.8 Å². The van der Waals surface area contributed by atoms with E-state index in [1.165, 1.54) is 28.6 Å². The Morgan fingerprint density at radius 1 is 1.35 bits per heavy atom. The number of aryl methyl sites for hydroxylation is 1. The Kier molecular flexibility index (Phi) is 2.46. The van der Waals surface area contributed by atoms with Gasteiger partial charge in [-0.15, -0.1) is 0 Å². The zero-order valence-electron chi connectivity index (χ0n) is 10.3. The maximum Gasteiger partial charge on any atom is 0.0685 e. The van der Waals surface area contributed by atoms with Crippen molar-refractivity contribution in [1.82, 2.24) is 9.78 Å². The van der Waals surface area contributed by atoms with Crippen molar-refractivity contribution >= 4 is 16.6 Å². The molecule has 17 heavy (non-hydrogen) atoms. The molecule has 3 rings (SSSR count). The summed E-state index contributed by atoms with van der Waals surface area (Å²) >= 11 is 0. The molecule has 1 aromatic carbocycles. The van der Waals surface area contributed by atoms with Crippen molar-refractivity contribution in [2.24, 2.45) is 18.0 Å². The topological polar surface area (TPSA) is 30.2 Å². The molecule has 1 aliphatic heterocycles. The largest absolute Gasteiger partial charge is 0.289 e. The minimum atomic E-state index is 0.729. The molecular formula is C14H17N3. The second-order valence-corrected chi connectivity index (χ2v) is 4.94. The zero-order chi connectivity index (χ0) is 11.8. The van der Waals surface area contributed by atoms with Crippen LogP contribution in [0.25, 0.3) is 10.9 Å². The van der Waals surface area contributed by atoms with E-state index in [1.807, 2.05) is 17.9 Å². The fraction of sp³-hybridized carbons (Fsp3) is 0.429. The van der Waals surface area contributed by atoms with Gasteiger partial charge in [0, 0.05) is 30.3 Å². The molecule has 1 atom stereocenters. The molecule has 0 aliphatic carbocycles. The molecule has 2 heterocycles. The first-order valence-corrected chi connectivity index (χ1v) is 6.20. The van der Waals surface area contributed by atoms with Crippen molar-refractivity contribution < 1.29 is 0 Å². The number of aromatic nitrogens is 2. The molecule has 0 amide bonds. The van der Waals surface area contributed by atoms with Crippen molar-refractivity contribution in [3.8, 4) is 0 Å². The van der Waals surface area contributed by atoms with Crippen LogP contribution < -0.4 is 0 Å². The molecule has 0 N–H and O–H groups in total. The van der Waals surface area contributed by atoms with E-state index < -0.39 is 0 Å². The number of hydrogen-bond acceptors (Lipinski definition) is 2. The highest BCUT2D eigenvalue weighted by Crippen LogP contribution is 2.23. The van der Waals surface area contributed by atoms with Crippen molar-refractivity contribution in [2.75, 3.05) is 6.54 Å². The van der Waals surface area contributed by atoms with Crippen LogP contribution in [-0.4, -0.2) is 22.0 Å². The third-order valence-electron chi connectivity index (χ3n) is 3.57. The fourth-order valence-electron chi connectivity index (χ4n) is 2.47. The number of aliphatic imine (C=N–C) groups is 1. The summed E-state index contributed by atoms with van der Waals surface area (Å²) in [5.41, 5.74) is 3.70. The lowest BCUT2D eigenvalue weighted by Gasteiger charge is -2.18. The van der Waals surface area contributed by atoms with Gasteiger partial charge in [0.25, 0.3) is 0 Å². The highest BCUT2D eigenvalue weighted by Gasteiger charge is 2.15. The Balaban J connectivity index is 2.11. The van der Waals surface area contributed by atoms with Crippen LogP contribution in [0.15, 0.2) is 29.4 Å². The maximum atomic E-state index is 4.72. The molecule has 0 bridgehead atoms. The van der Waals surface area contributed by atoms with Gasteiger partial charge in [0.1, 0.15) is 0 Å². The van der Waals surface area contributed by atoms with E-state index in [2.05, 4.69) is 30.2 Å². The van der Waals surface area contributed by atoms with Gasteiger partial charge >= 0.3 is 0 Å². The van der Waals surface area contributed by atoms with Crippen molar-refractivity contribution in [1.29, 1.82) is 0 Å². The van der Waals surface area contributed by atoms with Crippen molar-refractivity contribution in [3.05, 3.63) is 30.0 Å². The van der Waals surface area contributed by atoms with Gasteiger partial charge in [0.05, 0.1) is 11.7 Å². The lowest BCUT2D eigenvalue weighted by molar-refractivity contribution is 0.539. The molecule has 0 saturated carbocycles. The zero-order valence-corrected chi connectivity index (χ0v) is 10.3. The maximum absolute atomic E-state index is 4.72. The summed E-state index contributed by atoms with van der Waals surface area (Å²) in [6, 6.07) is 6.37. The lowest BCUT2D eigenvalue weighted by atomic mass is 9.94. The monoisotopic (exact) mass is 227 g/mol. The molecule has 0 fully saturated rings. The van der Waals surface area contributed by atoms with Crippen LogP contribution in [0, 0.1) is 5.92 Å². The Labute approximate surface area is 101 Å². The molecule has 1 aromatic heterocycles. The summed E-state index contributed by atoms with van der Waals surface area (Å²) in [6.45, 7) is 3.23. The lowest BCUT2D eigenvalue weighted by Crippen LogP contribution is -2.14. The summed E-state index contributed by atoms with van der Waals surface area (Å²) in [5, 5.41) is 5.55. The van der Waals surface area contributed by atoms with E-state index in [0.29, 0.717) is 0 Å². The smallest absolute Gasteiger partial charge is 0.0685 e. The summed E-state index contributed by atoms with van der Waals surface area (Å²) in [7, 11) is 1.98. The normalized spacial score (nSPS) is 20.6. The predicted octanol–water partition coefficient (Wildman–Crippen LogP) is 2.79. The molecule has 0 unspecified atom stereocenters. The number of fused-ring (bicyclic) bond motifs is 1. The summed E-state index contributed by atoms with van der Waals surface area (Å²) in [5.74, 6) is 0.729. The van der Waals surface area contributed by atoms with Crippen LogP contribution in [0.4, 0.5) is 0 Å². The highest BCUT2D eigenvalue weighted by atomic mass is 15.2. The highest BCUT2D eigenvalue weighted by molar-refractivity contribution is 6.10. The SMILES string of the molecule is C[C@H]1CCC(c2cccc3c2cnn3C)=NC1. The van der Waals surface area contributed by atoms with Gasteiger partial charge < -0.3 is 0 Å². The molecule has 1 aliphatic rings. The van der Waals surface area contributed by atoms with Crippen LogP contribution in [0.1, 0.15) is 25.3 Å². The van der Waals surface area contributed by atoms with E-state index >= 15 is 0 Å². The van der Waals surface area contributed by atoms with Gasteiger partial charge in [-0.25, -0.2) is 0 Å². The average Bonchev–Trinajstić information content (AvgIpc) is 2.73. The van der Waals surface area contributed by atoms with Crippen LogP contribution in [0.2, 0.25) is 0 Å². The number of nitrogens with zero attached hydrogens (tertiary/aromatic N) is 3.